The van der Waals surface area contributed by atoms with E-state index in [1.54, 1.807) is 6.07 Å². The summed E-state index contributed by atoms with van der Waals surface area (Å²) in [5.74, 6) is 0.0161. The normalized spacial score (nSPS) is 17.1. The predicted molar refractivity (Wildman–Crippen MR) is 90.1 cm³/mol. The van der Waals surface area contributed by atoms with Crippen molar-refractivity contribution in [2.75, 3.05) is 25.1 Å². The molecule has 0 saturated heterocycles. The van der Waals surface area contributed by atoms with Crippen LogP contribution in [0.15, 0.2) is 41.3 Å². The molecule has 1 aliphatic heterocycles. The number of sulfonamides is 1. The van der Waals surface area contributed by atoms with Crippen molar-refractivity contribution in [3.63, 3.8) is 0 Å². The Morgan fingerprint density at radius 1 is 1.16 bits per heavy atom. The van der Waals surface area contributed by atoms with Gasteiger partial charge in [-0.05, 0) is 36.8 Å². The third-order valence-corrected chi connectivity index (χ3v) is 6.00. The lowest BCUT2D eigenvalue weighted by molar-refractivity contribution is 0.166. The molecule has 1 heterocycles. The van der Waals surface area contributed by atoms with Crippen LogP contribution in [0.4, 0.5) is 10.1 Å². The van der Waals surface area contributed by atoms with Gasteiger partial charge in [-0.1, -0.05) is 0 Å². The van der Waals surface area contributed by atoms with Gasteiger partial charge >= 0.3 is 0 Å². The summed E-state index contributed by atoms with van der Waals surface area (Å²) >= 11 is 0. The molecule has 3 rings (SSSR count). The number of rotatable bonds is 4. The Morgan fingerprint density at radius 2 is 1.92 bits per heavy atom. The number of anilines is 1. The van der Waals surface area contributed by atoms with E-state index in [1.165, 1.54) is 38.5 Å². The molecule has 0 aromatic heterocycles. The summed E-state index contributed by atoms with van der Waals surface area (Å²) in [4.78, 5) is -0.0546. The topological polar surface area (TPSA) is 76.1 Å². The van der Waals surface area contributed by atoms with Crippen molar-refractivity contribution in [3.05, 3.63) is 47.8 Å². The Bertz CT molecular complexity index is 900. The number of hydrogen-bond donors (Lipinski definition) is 1. The van der Waals surface area contributed by atoms with Crippen LogP contribution in [0.25, 0.3) is 0 Å². The van der Waals surface area contributed by atoms with Gasteiger partial charge in [0, 0.05) is 18.2 Å². The highest BCUT2D eigenvalue weighted by molar-refractivity contribution is 7.93. The zero-order valence-corrected chi connectivity index (χ0v) is 14.6. The lowest BCUT2D eigenvalue weighted by Gasteiger charge is -2.33. The van der Waals surface area contributed by atoms with Crippen molar-refractivity contribution >= 4 is 15.7 Å². The minimum atomic E-state index is -3.99. The number of halogens is 1. The molecular weight excluding hydrogens is 349 g/mol. The Balaban J connectivity index is 2.15. The molecule has 1 N–H and O–H groups in total. The third kappa shape index (κ3) is 3.03. The first-order chi connectivity index (χ1) is 11.9. The van der Waals surface area contributed by atoms with Crippen molar-refractivity contribution in [2.45, 2.75) is 17.4 Å². The van der Waals surface area contributed by atoms with Crippen LogP contribution in [0.1, 0.15) is 18.1 Å². The second kappa shape index (κ2) is 6.53. The molecule has 2 aromatic rings. The molecule has 1 aliphatic rings. The van der Waals surface area contributed by atoms with E-state index in [0.29, 0.717) is 5.75 Å². The van der Waals surface area contributed by atoms with Gasteiger partial charge in [0.1, 0.15) is 22.2 Å². The number of fused-ring (bicyclic) bond motifs is 1. The summed E-state index contributed by atoms with van der Waals surface area (Å²) in [5, 5.41) is 10.1. The average Bonchev–Trinajstić information content (AvgIpc) is 2.61. The molecule has 1 unspecified atom stereocenters. The van der Waals surface area contributed by atoms with Crippen molar-refractivity contribution in [1.82, 2.24) is 0 Å². The molecular formula is C17H18FNO5S. The maximum Gasteiger partial charge on any atom is 0.268 e. The number of methoxy groups -OCH3 is 2. The van der Waals surface area contributed by atoms with E-state index < -0.39 is 21.9 Å². The molecule has 1 atom stereocenters. The number of nitrogens with zero attached hydrogens (tertiary/aromatic N) is 1. The molecule has 134 valence electrons. The molecule has 0 saturated carbocycles. The molecule has 0 fully saturated rings. The van der Waals surface area contributed by atoms with Gasteiger partial charge in [0.15, 0.2) is 0 Å². The Kier molecular flexibility index (Phi) is 4.57. The molecule has 25 heavy (non-hydrogen) atoms. The Labute approximate surface area is 145 Å². The van der Waals surface area contributed by atoms with Gasteiger partial charge in [-0.2, -0.15) is 0 Å². The zero-order valence-electron chi connectivity index (χ0n) is 13.8. The molecule has 8 heteroatoms. The quantitative estimate of drug-likeness (QED) is 0.898. The Morgan fingerprint density at radius 3 is 2.60 bits per heavy atom. The fourth-order valence-corrected chi connectivity index (χ4v) is 4.57. The number of aliphatic hydroxyl groups excluding tert-OH is 1. The van der Waals surface area contributed by atoms with Gasteiger partial charge in [-0.15, -0.1) is 0 Å². The van der Waals surface area contributed by atoms with Gasteiger partial charge < -0.3 is 14.6 Å². The first-order valence-electron chi connectivity index (χ1n) is 7.60. The smallest absolute Gasteiger partial charge is 0.268 e. The number of aliphatic hydroxyl groups is 1. The molecule has 0 radical (unpaired) electrons. The predicted octanol–water partition coefficient (Wildman–Crippen LogP) is 2.48. The van der Waals surface area contributed by atoms with E-state index in [0.717, 1.165) is 10.4 Å². The lowest BCUT2D eigenvalue weighted by atomic mass is 10.0. The van der Waals surface area contributed by atoms with Gasteiger partial charge in [0.05, 0.1) is 26.0 Å². The van der Waals surface area contributed by atoms with Crippen LogP contribution in [0, 0.1) is 5.82 Å². The van der Waals surface area contributed by atoms with E-state index in [4.69, 9.17) is 9.47 Å². The monoisotopic (exact) mass is 367 g/mol. The summed E-state index contributed by atoms with van der Waals surface area (Å²) in [7, 11) is -1.18. The van der Waals surface area contributed by atoms with Crippen LogP contribution < -0.4 is 13.8 Å². The second-order valence-corrected chi connectivity index (χ2v) is 7.43. The van der Waals surface area contributed by atoms with E-state index in [1.807, 2.05) is 0 Å². The van der Waals surface area contributed by atoms with Gasteiger partial charge in [0.2, 0.25) is 0 Å². The van der Waals surface area contributed by atoms with Crippen LogP contribution in [0.5, 0.6) is 11.5 Å². The van der Waals surface area contributed by atoms with Gasteiger partial charge in [-0.3, -0.25) is 4.31 Å². The Hall–Kier alpha value is -2.32. The minimum Gasteiger partial charge on any atom is -0.497 e. The first-order valence-corrected chi connectivity index (χ1v) is 9.04. The van der Waals surface area contributed by atoms with Crippen LogP contribution in [-0.2, 0) is 10.0 Å². The van der Waals surface area contributed by atoms with Crippen LogP contribution in [-0.4, -0.2) is 34.3 Å². The molecule has 0 bridgehead atoms. The molecule has 0 amide bonds. The molecule has 2 aromatic carbocycles. The summed E-state index contributed by atoms with van der Waals surface area (Å²) in [6.07, 6.45) is -0.744. The summed E-state index contributed by atoms with van der Waals surface area (Å²) in [6, 6.07) is 8.17. The number of ether oxygens (including phenoxy) is 2. The van der Waals surface area contributed by atoms with Gasteiger partial charge in [-0.25, -0.2) is 12.8 Å². The van der Waals surface area contributed by atoms with Crippen molar-refractivity contribution in [1.29, 1.82) is 0 Å². The van der Waals surface area contributed by atoms with E-state index in [9.17, 15) is 17.9 Å². The number of benzene rings is 2. The summed E-state index contributed by atoms with van der Waals surface area (Å²) < 4.78 is 51.4. The summed E-state index contributed by atoms with van der Waals surface area (Å²) in [5.41, 5.74) is 0.502. The molecule has 6 nitrogen and oxygen atoms in total. The highest BCUT2D eigenvalue weighted by Gasteiger charge is 2.34. The van der Waals surface area contributed by atoms with Crippen molar-refractivity contribution in [3.8, 4) is 11.5 Å². The SMILES string of the molecule is COc1ccc(OC)c(S(=O)(=O)N2CCC(O)c3cc(F)ccc32)c1. The lowest BCUT2D eigenvalue weighted by Crippen LogP contribution is -2.37. The fraction of sp³-hybridized carbons (Fsp3) is 0.294. The highest BCUT2D eigenvalue weighted by atomic mass is 32.2. The van der Waals surface area contributed by atoms with E-state index in [-0.39, 0.29) is 34.9 Å². The highest BCUT2D eigenvalue weighted by Crippen LogP contribution is 2.39. The third-order valence-electron chi connectivity index (χ3n) is 4.16. The van der Waals surface area contributed by atoms with Crippen LogP contribution in [0.3, 0.4) is 0 Å². The van der Waals surface area contributed by atoms with Crippen LogP contribution in [0.2, 0.25) is 0 Å². The maximum absolute atomic E-state index is 13.5. The largest absolute Gasteiger partial charge is 0.497 e. The molecule has 0 aliphatic carbocycles. The fourth-order valence-electron chi connectivity index (χ4n) is 2.89. The number of hydrogen-bond acceptors (Lipinski definition) is 5. The van der Waals surface area contributed by atoms with E-state index >= 15 is 0 Å². The minimum absolute atomic E-state index is 0.0546. The summed E-state index contributed by atoms with van der Waals surface area (Å²) in [6.45, 7) is 0.0719. The van der Waals surface area contributed by atoms with Crippen molar-refractivity contribution < 1.29 is 27.4 Å². The standard InChI is InChI=1S/C17H18FNO5S/c1-23-12-4-6-16(24-2)17(10-12)25(21,22)19-8-7-15(20)13-9-11(18)3-5-14(13)19/h3-6,9-10,15,20H,7-8H2,1-2H3. The average molecular weight is 367 g/mol. The second-order valence-electron chi connectivity index (χ2n) is 5.60. The van der Waals surface area contributed by atoms with E-state index in [2.05, 4.69) is 0 Å². The first kappa shape index (κ1) is 17.5. The zero-order chi connectivity index (χ0) is 18.2. The molecule has 0 spiro atoms. The maximum atomic E-state index is 13.5. The van der Waals surface area contributed by atoms with Gasteiger partial charge in [0.25, 0.3) is 10.0 Å². The van der Waals surface area contributed by atoms with Crippen LogP contribution >= 0.6 is 0 Å². The van der Waals surface area contributed by atoms with Crippen molar-refractivity contribution in [2.24, 2.45) is 0 Å².